The fourth-order valence-corrected chi connectivity index (χ4v) is 2.12. The summed E-state index contributed by atoms with van der Waals surface area (Å²) in [6.45, 7) is -1.49. The van der Waals surface area contributed by atoms with Gasteiger partial charge in [0.05, 0.1) is 13.0 Å². The van der Waals surface area contributed by atoms with E-state index in [1.54, 1.807) is 12.1 Å². The average molecular weight is 287 g/mol. The molecule has 1 N–H and O–H groups in total. The van der Waals surface area contributed by atoms with Crippen LogP contribution < -0.4 is 9.47 Å². The summed E-state index contributed by atoms with van der Waals surface area (Å²) >= 11 is 0. The number of nitrogens with zero attached hydrogens (tertiary/aromatic N) is 1. The van der Waals surface area contributed by atoms with Crippen molar-refractivity contribution >= 4 is 5.97 Å². The number of hydrogen-bond donors (Lipinski definition) is 1. The summed E-state index contributed by atoms with van der Waals surface area (Å²) in [4.78, 5) is 12.6. The van der Waals surface area contributed by atoms with Gasteiger partial charge in [0.25, 0.3) is 0 Å². The minimum atomic E-state index is -2.92. The van der Waals surface area contributed by atoms with Crippen LogP contribution in [0.3, 0.4) is 0 Å². The van der Waals surface area contributed by atoms with Crippen molar-refractivity contribution in [1.82, 2.24) is 4.90 Å². The van der Waals surface area contributed by atoms with Crippen molar-refractivity contribution in [2.75, 3.05) is 20.2 Å². The number of benzene rings is 1. The Balaban J connectivity index is 2.00. The molecule has 0 aromatic heterocycles. The van der Waals surface area contributed by atoms with Gasteiger partial charge >= 0.3 is 12.6 Å². The van der Waals surface area contributed by atoms with E-state index in [2.05, 4.69) is 4.74 Å². The zero-order valence-corrected chi connectivity index (χ0v) is 10.9. The van der Waals surface area contributed by atoms with Gasteiger partial charge < -0.3 is 14.6 Å². The lowest BCUT2D eigenvalue weighted by molar-refractivity contribution is -0.147. The van der Waals surface area contributed by atoms with Crippen molar-refractivity contribution in [2.45, 2.75) is 13.2 Å². The van der Waals surface area contributed by atoms with Gasteiger partial charge in [-0.3, -0.25) is 9.69 Å². The average Bonchev–Trinajstić information content (AvgIpc) is 2.32. The largest absolute Gasteiger partial charge is 0.493 e. The highest BCUT2D eigenvalue weighted by Gasteiger charge is 2.32. The Morgan fingerprint density at radius 2 is 2.15 bits per heavy atom. The third-order valence-electron chi connectivity index (χ3n) is 3.16. The van der Waals surface area contributed by atoms with Crippen LogP contribution in [0.15, 0.2) is 18.2 Å². The van der Waals surface area contributed by atoms with E-state index in [-0.39, 0.29) is 17.4 Å². The van der Waals surface area contributed by atoms with Crippen LogP contribution >= 0.6 is 0 Å². The summed E-state index contributed by atoms with van der Waals surface area (Å²) in [6, 6.07) is 4.78. The van der Waals surface area contributed by atoms with Crippen molar-refractivity contribution in [3.63, 3.8) is 0 Å². The van der Waals surface area contributed by atoms with Crippen LogP contribution in [0, 0.1) is 5.92 Å². The van der Waals surface area contributed by atoms with Gasteiger partial charge in [0.2, 0.25) is 0 Å². The van der Waals surface area contributed by atoms with Gasteiger partial charge in [0.15, 0.2) is 11.5 Å². The van der Waals surface area contributed by atoms with Crippen LogP contribution in [-0.2, 0) is 11.3 Å². The Labute approximate surface area is 114 Å². The first-order valence-corrected chi connectivity index (χ1v) is 6.06. The molecule has 1 fully saturated rings. The van der Waals surface area contributed by atoms with Gasteiger partial charge in [-0.2, -0.15) is 8.78 Å². The van der Waals surface area contributed by atoms with Crippen LogP contribution in [-0.4, -0.2) is 42.8 Å². The molecular formula is C13H15F2NO4. The van der Waals surface area contributed by atoms with Crippen molar-refractivity contribution in [3.8, 4) is 11.5 Å². The summed E-state index contributed by atoms with van der Waals surface area (Å²) < 4.78 is 33.9. The van der Waals surface area contributed by atoms with E-state index in [4.69, 9.17) is 9.84 Å². The lowest BCUT2D eigenvalue weighted by Gasteiger charge is -2.36. The number of hydrogen-bond acceptors (Lipinski definition) is 4. The molecule has 0 aliphatic carbocycles. The summed E-state index contributed by atoms with van der Waals surface area (Å²) in [7, 11) is 1.38. The van der Waals surface area contributed by atoms with Gasteiger partial charge in [0.1, 0.15) is 0 Å². The van der Waals surface area contributed by atoms with Crippen LogP contribution in [0.5, 0.6) is 11.5 Å². The van der Waals surface area contributed by atoms with E-state index in [0.717, 1.165) is 5.56 Å². The standard InChI is InChI=1S/C13H15F2NO4/c1-19-10-3-2-8(4-11(10)20-13(14)15)5-16-6-9(7-16)12(17)18/h2-4,9,13H,5-7H2,1H3,(H,17,18). The quantitative estimate of drug-likeness (QED) is 0.864. The number of alkyl halides is 2. The summed E-state index contributed by atoms with van der Waals surface area (Å²) in [5, 5.41) is 8.78. The second-order valence-electron chi connectivity index (χ2n) is 4.59. The predicted molar refractivity (Wildman–Crippen MR) is 66.0 cm³/mol. The highest BCUT2D eigenvalue weighted by atomic mass is 19.3. The number of carboxylic acids is 1. The monoisotopic (exact) mass is 287 g/mol. The molecule has 0 unspecified atom stereocenters. The Hall–Kier alpha value is -1.89. The smallest absolute Gasteiger partial charge is 0.387 e. The molecular weight excluding hydrogens is 272 g/mol. The van der Waals surface area contributed by atoms with E-state index in [0.29, 0.717) is 19.6 Å². The molecule has 1 heterocycles. The zero-order valence-electron chi connectivity index (χ0n) is 10.9. The van der Waals surface area contributed by atoms with Crippen molar-refractivity contribution in [1.29, 1.82) is 0 Å². The number of ether oxygens (including phenoxy) is 2. The van der Waals surface area contributed by atoms with Gasteiger partial charge in [0, 0.05) is 19.6 Å². The first-order chi connectivity index (χ1) is 9.49. The molecule has 0 spiro atoms. The number of likely N-dealkylation sites (tertiary alicyclic amines) is 1. The van der Waals surface area contributed by atoms with Gasteiger partial charge in [-0.25, -0.2) is 0 Å². The molecule has 1 aromatic rings. The number of aliphatic carboxylic acids is 1. The molecule has 1 saturated heterocycles. The van der Waals surface area contributed by atoms with Crippen LogP contribution in [0.4, 0.5) is 8.78 Å². The van der Waals surface area contributed by atoms with Crippen molar-refractivity contribution < 1.29 is 28.2 Å². The van der Waals surface area contributed by atoms with Gasteiger partial charge in [-0.15, -0.1) is 0 Å². The van der Waals surface area contributed by atoms with E-state index >= 15 is 0 Å². The SMILES string of the molecule is COc1ccc(CN2CC(C(=O)O)C2)cc1OC(F)F. The highest BCUT2D eigenvalue weighted by molar-refractivity contribution is 5.71. The second kappa shape index (κ2) is 6.04. The first-order valence-electron chi connectivity index (χ1n) is 6.06. The van der Waals surface area contributed by atoms with E-state index in [1.165, 1.54) is 13.2 Å². The van der Waals surface area contributed by atoms with Crippen LogP contribution in [0.2, 0.25) is 0 Å². The summed E-state index contributed by atoms with van der Waals surface area (Å²) in [5.41, 5.74) is 0.769. The summed E-state index contributed by atoms with van der Waals surface area (Å²) in [6.07, 6.45) is 0. The minimum Gasteiger partial charge on any atom is -0.493 e. The second-order valence-corrected chi connectivity index (χ2v) is 4.59. The molecule has 7 heteroatoms. The normalized spacial score (nSPS) is 16.0. The van der Waals surface area contributed by atoms with Gasteiger partial charge in [-0.1, -0.05) is 6.07 Å². The molecule has 20 heavy (non-hydrogen) atoms. The predicted octanol–water partition coefficient (Wildman–Crippen LogP) is 1.81. The number of halogens is 2. The van der Waals surface area contributed by atoms with E-state index in [9.17, 15) is 13.6 Å². The lowest BCUT2D eigenvalue weighted by atomic mass is 9.99. The lowest BCUT2D eigenvalue weighted by Crippen LogP contribution is -2.49. The number of carboxylic acid groups (broad SMARTS) is 1. The minimum absolute atomic E-state index is 0.0182. The Morgan fingerprint density at radius 3 is 2.70 bits per heavy atom. The molecule has 110 valence electrons. The number of carbonyl (C=O) groups is 1. The zero-order chi connectivity index (χ0) is 14.7. The molecule has 1 aliphatic rings. The Bertz CT molecular complexity index is 489. The van der Waals surface area contributed by atoms with Crippen molar-refractivity contribution in [2.24, 2.45) is 5.92 Å². The molecule has 0 bridgehead atoms. The molecule has 1 aliphatic heterocycles. The maximum atomic E-state index is 12.3. The molecule has 2 rings (SSSR count). The number of rotatable bonds is 6. The molecule has 0 radical (unpaired) electrons. The topological polar surface area (TPSA) is 59.0 Å². The molecule has 5 nitrogen and oxygen atoms in total. The Morgan fingerprint density at radius 1 is 1.45 bits per heavy atom. The van der Waals surface area contributed by atoms with Crippen LogP contribution in [0.25, 0.3) is 0 Å². The highest BCUT2D eigenvalue weighted by Crippen LogP contribution is 2.30. The molecule has 1 aromatic carbocycles. The summed E-state index contributed by atoms with van der Waals surface area (Å²) in [5.74, 6) is -0.931. The van der Waals surface area contributed by atoms with E-state index < -0.39 is 12.6 Å². The van der Waals surface area contributed by atoms with Crippen LogP contribution in [0.1, 0.15) is 5.56 Å². The van der Waals surface area contributed by atoms with E-state index in [1.807, 2.05) is 4.90 Å². The Kier molecular flexibility index (Phi) is 4.39. The van der Waals surface area contributed by atoms with Gasteiger partial charge in [-0.05, 0) is 17.7 Å². The van der Waals surface area contributed by atoms with Crippen molar-refractivity contribution in [3.05, 3.63) is 23.8 Å². The third kappa shape index (κ3) is 3.36. The molecule has 0 saturated carbocycles. The first kappa shape index (κ1) is 14.5. The molecule has 0 amide bonds. The maximum Gasteiger partial charge on any atom is 0.387 e. The number of methoxy groups -OCH3 is 1. The fourth-order valence-electron chi connectivity index (χ4n) is 2.12. The third-order valence-corrected chi connectivity index (χ3v) is 3.16. The molecule has 0 atom stereocenters. The maximum absolute atomic E-state index is 12.3. The fraction of sp³-hybridized carbons (Fsp3) is 0.462.